The molecule has 5 nitrogen and oxygen atoms in total. The van der Waals surface area contributed by atoms with E-state index < -0.39 is 11.4 Å². The third-order valence-electron chi connectivity index (χ3n) is 3.52. The lowest BCUT2D eigenvalue weighted by Crippen LogP contribution is -2.40. The number of methoxy groups -OCH3 is 1. The second-order valence-corrected chi connectivity index (χ2v) is 4.69. The van der Waals surface area contributed by atoms with Gasteiger partial charge in [-0.25, -0.2) is 0 Å². The molecule has 1 aliphatic rings. The first kappa shape index (κ1) is 13.0. The van der Waals surface area contributed by atoms with E-state index in [-0.39, 0.29) is 0 Å². The Morgan fingerprint density at radius 2 is 1.90 bits per heavy atom. The SMILES string of the molecule is COc1ccccc1N[C@]1(C#N)C(=O)Nc2ccccc21. The topological polar surface area (TPSA) is 74.1 Å². The monoisotopic (exact) mass is 279 g/mol. The van der Waals surface area contributed by atoms with Crippen LogP contribution >= 0.6 is 0 Å². The number of para-hydroxylation sites is 3. The van der Waals surface area contributed by atoms with E-state index in [9.17, 15) is 10.1 Å². The Bertz CT molecular complexity index is 751. The van der Waals surface area contributed by atoms with E-state index in [0.29, 0.717) is 22.7 Å². The molecule has 2 aromatic carbocycles. The fourth-order valence-electron chi connectivity index (χ4n) is 2.47. The highest BCUT2D eigenvalue weighted by Crippen LogP contribution is 2.39. The van der Waals surface area contributed by atoms with E-state index in [4.69, 9.17) is 4.74 Å². The van der Waals surface area contributed by atoms with E-state index in [2.05, 4.69) is 16.7 Å². The summed E-state index contributed by atoms with van der Waals surface area (Å²) in [6.45, 7) is 0. The molecule has 2 aromatic rings. The van der Waals surface area contributed by atoms with Gasteiger partial charge in [0.25, 0.3) is 5.91 Å². The van der Waals surface area contributed by atoms with Crippen LogP contribution in [0.15, 0.2) is 48.5 Å². The van der Waals surface area contributed by atoms with E-state index in [1.54, 1.807) is 37.4 Å². The number of nitrogens with one attached hydrogen (secondary N) is 2. The first-order valence-electron chi connectivity index (χ1n) is 6.44. The van der Waals surface area contributed by atoms with Gasteiger partial charge in [-0.15, -0.1) is 0 Å². The lowest BCUT2D eigenvalue weighted by Gasteiger charge is -2.23. The van der Waals surface area contributed by atoms with Crippen molar-refractivity contribution in [3.05, 3.63) is 54.1 Å². The summed E-state index contributed by atoms with van der Waals surface area (Å²) in [6.07, 6.45) is 0. The molecule has 1 amide bonds. The molecule has 104 valence electrons. The number of carbonyl (C=O) groups excluding carboxylic acids is 1. The molecule has 0 spiro atoms. The van der Waals surface area contributed by atoms with Crippen LogP contribution in [0.25, 0.3) is 0 Å². The van der Waals surface area contributed by atoms with Gasteiger partial charge in [-0.2, -0.15) is 5.26 Å². The largest absolute Gasteiger partial charge is 0.495 e. The molecule has 1 heterocycles. The number of ether oxygens (including phenoxy) is 1. The van der Waals surface area contributed by atoms with Gasteiger partial charge in [0.05, 0.1) is 12.8 Å². The molecule has 2 N–H and O–H groups in total. The van der Waals surface area contributed by atoms with Gasteiger partial charge < -0.3 is 15.4 Å². The average molecular weight is 279 g/mol. The molecular weight excluding hydrogens is 266 g/mol. The predicted octanol–water partition coefficient (Wildman–Crippen LogP) is 2.48. The smallest absolute Gasteiger partial charge is 0.269 e. The molecular formula is C16H13N3O2. The second kappa shape index (κ2) is 4.84. The van der Waals surface area contributed by atoms with Crippen LogP contribution in [-0.4, -0.2) is 13.0 Å². The fraction of sp³-hybridized carbons (Fsp3) is 0.125. The molecule has 1 atom stereocenters. The standard InChI is InChI=1S/C16H13N3O2/c1-21-14-9-5-4-8-13(14)19-16(10-17)11-6-2-3-7-12(11)18-15(16)20/h2-9,19H,1H3,(H,18,20)/t16-/m0/s1. The van der Waals surface area contributed by atoms with E-state index >= 15 is 0 Å². The second-order valence-electron chi connectivity index (χ2n) is 4.69. The number of amides is 1. The number of rotatable bonds is 3. The third-order valence-corrected chi connectivity index (χ3v) is 3.52. The lowest BCUT2D eigenvalue weighted by atomic mass is 9.92. The molecule has 0 bridgehead atoms. The van der Waals surface area contributed by atoms with Crippen molar-refractivity contribution in [3.8, 4) is 11.8 Å². The van der Waals surface area contributed by atoms with Gasteiger partial charge in [-0.3, -0.25) is 4.79 Å². The maximum absolute atomic E-state index is 12.4. The molecule has 0 fully saturated rings. The van der Waals surface area contributed by atoms with Crippen LogP contribution in [0.5, 0.6) is 5.75 Å². The number of hydrogen-bond donors (Lipinski definition) is 2. The molecule has 0 saturated heterocycles. The number of nitrogens with zero attached hydrogens (tertiary/aromatic N) is 1. The van der Waals surface area contributed by atoms with Gasteiger partial charge in [0.2, 0.25) is 5.54 Å². The minimum absolute atomic E-state index is 0.392. The predicted molar refractivity (Wildman–Crippen MR) is 79.0 cm³/mol. The summed E-state index contributed by atoms with van der Waals surface area (Å²) in [5.74, 6) is 0.182. The number of anilines is 2. The van der Waals surface area contributed by atoms with Crippen molar-refractivity contribution >= 4 is 17.3 Å². The highest BCUT2D eigenvalue weighted by atomic mass is 16.5. The van der Waals surface area contributed by atoms with Crippen molar-refractivity contribution in [3.63, 3.8) is 0 Å². The number of nitriles is 1. The van der Waals surface area contributed by atoms with Crippen molar-refractivity contribution in [2.45, 2.75) is 5.54 Å². The van der Waals surface area contributed by atoms with Crippen molar-refractivity contribution in [2.24, 2.45) is 0 Å². The van der Waals surface area contributed by atoms with Gasteiger partial charge in [-0.05, 0) is 18.2 Å². The highest BCUT2D eigenvalue weighted by Gasteiger charge is 2.48. The maximum Gasteiger partial charge on any atom is 0.269 e. The summed E-state index contributed by atoms with van der Waals surface area (Å²) in [7, 11) is 1.54. The van der Waals surface area contributed by atoms with E-state index in [1.807, 2.05) is 18.2 Å². The summed E-state index contributed by atoms with van der Waals surface area (Å²) in [6, 6.07) is 16.4. The zero-order valence-corrected chi connectivity index (χ0v) is 11.4. The molecule has 1 aliphatic heterocycles. The van der Waals surface area contributed by atoms with Crippen molar-refractivity contribution in [2.75, 3.05) is 17.7 Å². The molecule has 0 unspecified atom stereocenters. The van der Waals surface area contributed by atoms with Crippen LogP contribution in [0.4, 0.5) is 11.4 Å². The summed E-state index contributed by atoms with van der Waals surface area (Å²) in [5.41, 5.74) is 0.397. The van der Waals surface area contributed by atoms with Crippen LogP contribution in [-0.2, 0) is 10.3 Å². The first-order chi connectivity index (χ1) is 10.2. The first-order valence-corrected chi connectivity index (χ1v) is 6.44. The molecule has 0 saturated carbocycles. The summed E-state index contributed by atoms with van der Waals surface area (Å²) >= 11 is 0. The van der Waals surface area contributed by atoms with E-state index in [0.717, 1.165) is 0 Å². The number of hydrogen-bond acceptors (Lipinski definition) is 4. The number of carbonyl (C=O) groups is 1. The minimum Gasteiger partial charge on any atom is -0.495 e. The van der Waals surface area contributed by atoms with Crippen molar-refractivity contribution in [1.29, 1.82) is 5.26 Å². The Labute approximate surface area is 122 Å². The fourth-order valence-corrected chi connectivity index (χ4v) is 2.47. The van der Waals surface area contributed by atoms with Gasteiger partial charge in [0.15, 0.2) is 0 Å². The van der Waals surface area contributed by atoms with Crippen molar-refractivity contribution in [1.82, 2.24) is 0 Å². The number of benzene rings is 2. The lowest BCUT2D eigenvalue weighted by molar-refractivity contribution is -0.118. The molecule has 0 aliphatic carbocycles. The zero-order chi connectivity index (χ0) is 14.9. The Kier molecular flexibility index (Phi) is 2.99. The van der Waals surface area contributed by atoms with Gasteiger partial charge in [0.1, 0.15) is 11.8 Å². The zero-order valence-electron chi connectivity index (χ0n) is 11.4. The minimum atomic E-state index is -1.45. The average Bonchev–Trinajstić information content (AvgIpc) is 2.80. The van der Waals surface area contributed by atoms with Gasteiger partial charge in [-0.1, -0.05) is 30.3 Å². The quantitative estimate of drug-likeness (QED) is 0.905. The molecule has 3 rings (SSSR count). The Morgan fingerprint density at radius 1 is 1.19 bits per heavy atom. The molecule has 0 aromatic heterocycles. The van der Waals surface area contributed by atoms with Crippen LogP contribution in [0.3, 0.4) is 0 Å². The maximum atomic E-state index is 12.4. The highest BCUT2D eigenvalue weighted by molar-refractivity contribution is 6.10. The number of fused-ring (bicyclic) bond motifs is 1. The normalized spacial score (nSPS) is 19.3. The van der Waals surface area contributed by atoms with Gasteiger partial charge in [0, 0.05) is 11.3 Å². The summed E-state index contributed by atoms with van der Waals surface area (Å²) in [5, 5.41) is 15.4. The Hall–Kier alpha value is -3.00. The van der Waals surface area contributed by atoms with Crippen LogP contribution in [0, 0.1) is 11.3 Å². The Balaban J connectivity index is 2.10. The van der Waals surface area contributed by atoms with Crippen molar-refractivity contribution < 1.29 is 9.53 Å². The molecule has 0 radical (unpaired) electrons. The van der Waals surface area contributed by atoms with Crippen LogP contribution < -0.4 is 15.4 Å². The van der Waals surface area contributed by atoms with E-state index in [1.165, 1.54) is 0 Å². The molecule has 5 heteroatoms. The Morgan fingerprint density at radius 3 is 2.67 bits per heavy atom. The van der Waals surface area contributed by atoms with Gasteiger partial charge >= 0.3 is 0 Å². The third kappa shape index (κ3) is 1.89. The summed E-state index contributed by atoms with van der Waals surface area (Å²) < 4.78 is 5.26. The summed E-state index contributed by atoms with van der Waals surface area (Å²) in [4.78, 5) is 12.4. The van der Waals surface area contributed by atoms with Crippen LogP contribution in [0.1, 0.15) is 5.56 Å². The van der Waals surface area contributed by atoms with Crippen LogP contribution in [0.2, 0.25) is 0 Å². The molecule has 21 heavy (non-hydrogen) atoms.